The third kappa shape index (κ3) is 6.27. The van der Waals surface area contributed by atoms with E-state index in [9.17, 15) is 0 Å². The lowest BCUT2D eigenvalue weighted by molar-refractivity contribution is 0.287. The average Bonchev–Trinajstić information content (AvgIpc) is 3.48. The molecule has 0 saturated carbocycles. The van der Waals surface area contributed by atoms with Crippen LogP contribution in [0.2, 0.25) is 0 Å². The summed E-state index contributed by atoms with van der Waals surface area (Å²) in [6, 6.07) is 12.0. The van der Waals surface area contributed by atoms with Crippen LogP contribution in [0.3, 0.4) is 0 Å². The largest absolute Gasteiger partial charge is 0.487 e. The number of aromatic nitrogens is 2. The first-order valence-electron chi connectivity index (χ1n) is 10.8. The van der Waals surface area contributed by atoms with E-state index in [4.69, 9.17) is 14.5 Å². The Bertz CT molecular complexity index is 1110. The van der Waals surface area contributed by atoms with Gasteiger partial charge in [0, 0.05) is 25.0 Å². The highest BCUT2D eigenvalue weighted by Gasteiger charge is 2.13. The topological polar surface area (TPSA) is 96.0 Å². The Kier molecular flexibility index (Phi) is 7.28. The minimum Gasteiger partial charge on any atom is -0.487 e. The van der Waals surface area contributed by atoms with Gasteiger partial charge in [0.15, 0.2) is 0 Å². The van der Waals surface area contributed by atoms with Crippen molar-refractivity contribution in [3.05, 3.63) is 76.4 Å². The first kappa shape index (κ1) is 21.8. The molecule has 2 aromatic heterocycles. The van der Waals surface area contributed by atoms with Gasteiger partial charge in [0.2, 0.25) is 0 Å². The van der Waals surface area contributed by atoms with Crippen molar-refractivity contribution >= 4 is 12.2 Å². The molecule has 1 aliphatic rings. The van der Waals surface area contributed by atoms with E-state index < -0.39 is 0 Å². The minimum atomic E-state index is 0.346. The van der Waals surface area contributed by atoms with Crippen LogP contribution in [0.5, 0.6) is 5.75 Å². The number of hydrogen-bond donors (Lipinski definition) is 2. The fourth-order valence-electron chi connectivity index (χ4n) is 3.72. The van der Waals surface area contributed by atoms with Gasteiger partial charge in [-0.3, -0.25) is 4.98 Å². The Labute approximate surface area is 188 Å². The van der Waals surface area contributed by atoms with Gasteiger partial charge in [0.05, 0.1) is 5.56 Å². The van der Waals surface area contributed by atoms with Crippen molar-refractivity contribution in [1.29, 1.82) is 5.26 Å². The summed E-state index contributed by atoms with van der Waals surface area (Å²) in [5, 5.41) is 20.1. The predicted octanol–water partition coefficient (Wildman–Crippen LogP) is 3.70. The number of nitrogens with one attached hydrogen (secondary N) is 2. The van der Waals surface area contributed by atoms with E-state index in [1.165, 1.54) is 6.42 Å². The van der Waals surface area contributed by atoms with Gasteiger partial charge in [-0.2, -0.15) is 5.26 Å². The number of ether oxygens (including phenoxy) is 1. The third-order valence-corrected chi connectivity index (χ3v) is 5.33. The SMILES string of the molecule is Cc1cc(COc2cc(/C=C/c3cncc(C#N)c3)cc(CNCC3CCNC3)c2)no1. The molecule has 3 heterocycles. The number of benzene rings is 1. The molecule has 0 radical (unpaired) electrons. The van der Waals surface area contributed by atoms with Crippen LogP contribution >= 0.6 is 0 Å². The smallest absolute Gasteiger partial charge is 0.134 e. The summed E-state index contributed by atoms with van der Waals surface area (Å²) in [7, 11) is 0. The summed E-state index contributed by atoms with van der Waals surface area (Å²) in [6.45, 7) is 6.16. The molecule has 1 unspecified atom stereocenters. The van der Waals surface area contributed by atoms with E-state index in [2.05, 4.69) is 39.0 Å². The molecule has 4 rings (SSSR count). The Morgan fingerprint density at radius 2 is 2.12 bits per heavy atom. The second kappa shape index (κ2) is 10.7. The van der Waals surface area contributed by atoms with Crippen LogP contribution in [0.1, 0.15) is 40.1 Å². The molecule has 3 aromatic rings. The van der Waals surface area contributed by atoms with Crippen molar-refractivity contribution in [1.82, 2.24) is 20.8 Å². The zero-order valence-corrected chi connectivity index (χ0v) is 18.2. The van der Waals surface area contributed by atoms with Crippen molar-refractivity contribution in [3.63, 3.8) is 0 Å². The van der Waals surface area contributed by atoms with Gasteiger partial charge in [-0.1, -0.05) is 23.4 Å². The van der Waals surface area contributed by atoms with Crippen molar-refractivity contribution in [3.8, 4) is 11.8 Å². The summed E-state index contributed by atoms with van der Waals surface area (Å²) < 4.78 is 11.1. The Hall–Kier alpha value is -3.47. The van der Waals surface area contributed by atoms with Crippen molar-refractivity contribution < 1.29 is 9.26 Å². The van der Waals surface area contributed by atoms with Crippen LogP contribution in [0.25, 0.3) is 12.2 Å². The number of nitrogens with zero attached hydrogens (tertiary/aromatic N) is 3. The number of nitriles is 1. The van der Waals surface area contributed by atoms with Crippen molar-refractivity contribution in [2.24, 2.45) is 5.92 Å². The molecule has 0 spiro atoms. The highest BCUT2D eigenvalue weighted by molar-refractivity contribution is 5.70. The zero-order chi connectivity index (χ0) is 22.2. The molecule has 164 valence electrons. The molecule has 0 bridgehead atoms. The van der Waals surface area contributed by atoms with Crippen LogP contribution < -0.4 is 15.4 Å². The van der Waals surface area contributed by atoms with Crippen LogP contribution in [0.15, 0.2) is 47.2 Å². The Balaban J connectivity index is 1.48. The molecule has 1 aliphatic heterocycles. The predicted molar refractivity (Wildman–Crippen MR) is 123 cm³/mol. The van der Waals surface area contributed by atoms with Gasteiger partial charge in [-0.25, -0.2) is 0 Å². The zero-order valence-electron chi connectivity index (χ0n) is 18.2. The second-order valence-electron chi connectivity index (χ2n) is 8.07. The first-order valence-corrected chi connectivity index (χ1v) is 10.8. The van der Waals surface area contributed by atoms with Crippen LogP contribution in [-0.2, 0) is 13.2 Å². The quantitative estimate of drug-likeness (QED) is 0.535. The summed E-state index contributed by atoms with van der Waals surface area (Å²) in [4.78, 5) is 4.12. The molecule has 7 heteroatoms. The number of hydrogen-bond acceptors (Lipinski definition) is 7. The van der Waals surface area contributed by atoms with E-state index in [1.54, 1.807) is 12.4 Å². The summed E-state index contributed by atoms with van der Waals surface area (Å²) >= 11 is 0. The summed E-state index contributed by atoms with van der Waals surface area (Å²) in [6.07, 6.45) is 8.48. The molecule has 1 atom stereocenters. The fraction of sp³-hybridized carbons (Fsp3) is 0.320. The molecule has 0 aliphatic carbocycles. The molecule has 1 aromatic carbocycles. The molecule has 1 fully saturated rings. The number of aryl methyl sites for hydroxylation is 1. The third-order valence-electron chi connectivity index (χ3n) is 5.33. The normalized spacial score (nSPS) is 15.8. The van der Waals surface area contributed by atoms with Gasteiger partial charge >= 0.3 is 0 Å². The lowest BCUT2D eigenvalue weighted by atomic mass is 10.1. The molecule has 0 amide bonds. The lowest BCUT2D eigenvalue weighted by Gasteiger charge is -2.12. The van der Waals surface area contributed by atoms with Gasteiger partial charge < -0.3 is 19.9 Å². The maximum atomic E-state index is 9.08. The van der Waals surface area contributed by atoms with E-state index in [1.807, 2.05) is 37.3 Å². The highest BCUT2D eigenvalue weighted by atomic mass is 16.5. The standard InChI is InChI=1S/C25H27N5O2/c1-18-6-24(30-32-18)17-31-25-9-19(2-3-20-8-23(11-26)16-28-12-20)7-22(10-25)15-29-14-21-4-5-27-13-21/h2-3,6-10,12,16,21,27,29H,4-5,13-15,17H2,1H3/b3-2+. The molecule has 1 saturated heterocycles. The molecular weight excluding hydrogens is 402 g/mol. The molecule has 7 nitrogen and oxygen atoms in total. The van der Waals surface area contributed by atoms with Crippen molar-refractivity contribution in [2.45, 2.75) is 26.5 Å². The summed E-state index contributed by atoms with van der Waals surface area (Å²) in [5.74, 6) is 2.22. The second-order valence-corrected chi connectivity index (χ2v) is 8.07. The molecular formula is C25H27N5O2. The maximum Gasteiger partial charge on any atom is 0.134 e. The van der Waals surface area contributed by atoms with E-state index in [-0.39, 0.29) is 0 Å². The van der Waals surface area contributed by atoms with Crippen molar-refractivity contribution in [2.75, 3.05) is 19.6 Å². The summed E-state index contributed by atoms with van der Waals surface area (Å²) in [5.41, 5.74) is 4.34. The molecule has 2 N–H and O–H groups in total. The minimum absolute atomic E-state index is 0.346. The van der Waals surface area contributed by atoms with E-state index >= 15 is 0 Å². The van der Waals surface area contributed by atoms with Gasteiger partial charge in [-0.05, 0) is 73.8 Å². The maximum absolute atomic E-state index is 9.08. The van der Waals surface area contributed by atoms with Crippen LogP contribution in [0.4, 0.5) is 0 Å². The number of pyridine rings is 1. The lowest BCUT2D eigenvalue weighted by Crippen LogP contribution is -2.24. The van der Waals surface area contributed by atoms with Crippen LogP contribution in [0, 0.1) is 24.2 Å². The van der Waals surface area contributed by atoms with Gasteiger partial charge in [-0.15, -0.1) is 0 Å². The van der Waals surface area contributed by atoms with Gasteiger partial charge in [0.25, 0.3) is 0 Å². The van der Waals surface area contributed by atoms with Crippen LogP contribution in [-0.4, -0.2) is 29.8 Å². The first-order chi connectivity index (χ1) is 15.7. The van der Waals surface area contributed by atoms with Gasteiger partial charge in [0.1, 0.15) is 29.9 Å². The fourth-order valence-corrected chi connectivity index (χ4v) is 3.72. The Morgan fingerprint density at radius 3 is 2.91 bits per heavy atom. The Morgan fingerprint density at radius 1 is 1.22 bits per heavy atom. The number of rotatable bonds is 9. The molecule has 32 heavy (non-hydrogen) atoms. The monoisotopic (exact) mass is 429 g/mol. The average molecular weight is 430 g/mol. The van der Waals surface area contributed by atoms with E-state index in [0.29, 0.717) is 18.1 Å². The van der Waals surface area contributed by atoms with E-state index in [0.717, 1.165) is 60.1 Å². The highest BCUT2D eigenvalue weighted by Crippen LogP contribution is 2.21.